The summed E-state index contributed by atoms with van der Waals surface area (Å²) in [4.78, 5) is 22.9. The molecule has 5 heteroatoms. The maximum absolute atomic E-state index is 12.4. The van der Waals surface area contributed by atoms with Gasteiger partial charge < -0.3 is 9.47 Å². The van der Waals surface area contributed by atoms with E-state index in [-0.39, 0.29) is 5.91 Å². The van der Waals surface area contributed by atoms with Crippen molar-refractivity contribution in [2.75, 3.05) is 13.1 Å². The molecule has 126 valence electrons. The monoisotopic (exact) mass is 332 g/mol. The van der Waals surface area contributed by atoms with Gasteiger partial charge >= 0.3 is 0 Å². The fourth-order valence-corrected chi connectivity index (χ4v) is 3.32. The molecule has 0 bridgehead atoms. The number of nitrogens with zero attached hydrogens (tertiary/aromatic N) is 4. The van der Waals surface area contributed by atoms with Crippen LogP contribution in [-0.4, -0.2) is 38.4 Å². The zero-order valence-corrected chi connectivity index (χ0v) is 14.2. The summed E-state index contributed by atoms with van der Waals surface area (Å²) < 4.78 is 2.26. The predicted octanol–water partition coefficient (Wildman–Crippen LogP) is 2.88. The van der Waals surface area contributed by atoms with Crippen molar-refractivity contribution in [1.82, 2.24) is 19.4 Å². The van der Waals surface area contributed by atoms with Crippen molar-refractivity contribution in [3.63, 3.8) is 0 Å². The number of aromatic nitrogens is 3. The van der Waals surface area contributed by atoms with Crippen LogP contribution in [0.15, 0.2) is 61.1 Å². The van der Waals surface area contributed by atoms with Gasteiger partial charge in [-0.2, -0.15) is 0 Å². The highest BCUT2D eigenvalue weighted by molar-refractivity contribution is 5.79. The van der Waals surface area contributed by atoms with Crippen LogP contribution in [0, 0.1) is 6.92 Å². The number of carbonyl (C=O) groups is 1. The maximum Gasteiger partial charge on any atom is 0.227 e. The van der Waals surface area contributed by atoms with E-state index in [1.807, 2.05) is 41.4 Å². The van der Waals surface area contributed by atoms with Crippen LogP contribution in [-0.2, 0) is 11.2 Å². The van der Waals surface area contributed by atoms with Gasteiger partial charge in [0.25, 0.3) is 0 Å². The zero-order valence-electron chi connectivity index (χ0n) is 14.2. The van der Waals surface area contributed by atoms with Crippen molar-refractivity contribution in [2.24, 2.45) is 0 Å². The highest BCUT2D eigenvalue weighted by Crippen LogP contribution is 2.29. The number of amides is 1. The van der Waals surface area contributed by atoms with Crippen LogP contribution in [0.4, 0.5) is 0 Å². The third-order valence-electron chi connectivity index (χ3n) is 4.70. The largest absolute Gasteiger partial charge is 0.338 e. The van der Waals surface area contributed by atoms with E-state index in [0.717, 1.165) is 35.7 Å². The summed E-state index contributed by atoms with van der Waals surface area (Å²) in [6.07, 6.45) is 5.79. The van der Waals surface area contributed by atoms with E-state index in [1.54, 1.807) is 12.4 Å². The van der Waals surface area contributed by atoms with E-state index >= 15 is 0 Å². The minimum Gasteiger partial charge on any atom is -0.338 e. The molecule has 0 spiro atoms. The summed E-state index contributed by atoms with van der Waals surface area (Å²) >= 11 is 0. The van der Waals surface area contributed by atoms with Gasteiger partial charge in [-0.05, 0) is 24.6 Å². The van der Waals surface area contributed by atoms with Crippen LogP contribution in [0.3, 0.4) is 0 Å². The number of aryl methyl sites for hydroxylation is 1. The number of benzene rings is 1. The average Bonchev–Trinajstić information content (AvgIpc) is 2.97. The number of carbonyl (C=O) groups excluding carboxylic acids is 1. The van der Waals surface area contributed by atoms with Crippen molar-refractivity contribution >= 4 is 5.91 Å². The summed E-state index contributed by atoms with van der Waals surface area (Å²) in [5.74, 6) is 1.14. The fraction of sp³-hybridized carbons (Fsp3) is 0.250. The average molecular weight is 332 g/mol. The first-order chi connectivity index (χ1) is 12.2. The molecule has 1 fully saturated rings. The minimum atomic E-state index is 0.168. The molecule has 0 N–H and O–H groups in total. The lowest BCUT2D eigenvalue weighted by atomic mass is 10.1. The van der Waals surface area contributed by atoms with Crippen molar-refractivity contribution in [3.05, 3.63) is 72.3 Å². The molecule has 4 rings (SSSR count). The molecule has 2 aromatic heterocycles. The Labute approximate surface area is 147 Å². The number of likely N-dealkylation sites (tertiary alicyclic amines) is 1. The van der Waals surface area contributed by atoms with Gasteiger partial charge in [0.2, 0.25) is 5.91 Å². The smallest absolute Gasteiger partial charge is 0.227 e. The number of hydrogen-bond donors (Lipinski definition) is 0. The third-order valence-corrected chi connectivity index (χ3v) is 4.70. The minimum absolute atomic E-state index is 0.168. The fourth-order valence-electron chi connectivity index (χ4n) is 3.32. The van der Waals surface area contributed by atoms with E-state index in [0.29, 0.717) is 12.5 Å². The van der Waals surface area contributed by atoms with Crippen molar-refractivity contribution in [3.8, 4) is 11.4 Å². The molecule has 25 heavy (non-hydrogen) atoms. The second-order valence-electron chi connectivity index (χ2n) is 6.44. The second kappa shape index (κ2) is 6.51. The Morgan fingerprint density at radius 2 is 1.84 bits per heavy atom. The molecule has 3 aromatic rings. The third kappa shape index (κ3) is 3.05. The normalized spacial score (nSPS) is 14.4. The predicted molar refractivity (Wildman–Crippen MR) is 96.0 cm³/mol. The molecule has 1 aliphatic rings. The zero-order chi connectivity index (χ0) is 17.2. The quantitative estimate of drug-likeness (QED) is 0.738. The lowest BCUT2D eigenvalue weighted by molar-refractivity contribution is -0.136. The molecule has 1 aromatic carbocycles. The topological polar surface area (TPSA) is 51.0 Å². The molecule has 1 saturated heterocycles. The van der Waals surface area contributed by atoms with Crippen molar-refractivity contribution < 1.29 is 4.79 Å². The molecular formula is C20H20N4O. The molecular weight excluding hydrogens is 312 g/mol. The van der Waals surface area contributed by atoms with Crippen LogP contribution in [0.5, 0.6) is 0 Å². The van der Waals surface area contributed by atoms with Crippen LogP contribution in [0.1, 0.15) is 17.3 Å². The van der Waals surface area contributed by atoms with E-state index < -0.39 is 0 Å². The SMILES string of the molecule is Cc1cnc(-c2ccccc2)n1C1CN(C(=O)Cc2ccncc2)C1. The van der Waals surface area contributed by atoms with Gasteiger partial charge in [-0.25, -0.2) is 4.98 Å². The van der Waals surface area contributed by atoms with Gasteiger partial charge in [0.1, 0.15) is 5.82 Å². The van der Waals surface area contributed by atoms with Crippen LogP contribution < -0.4 is 0 Å². The Morgan fingerprint density at radius 1 is 1.12 bits per heavy atom. The summed E-state index contributed by atoms with van der Waals surface area (Å²) in [6, 6.07) is 14.3. The Kier molecular flexibility index (Phi) is 4.06. The van der Waals surface area contributed by atoms with Gasteiger partial charge in [0, 0.05) is 42.9 Å². The van der Waals surface area contributed by atoms with Gasteiger partial charge in [-0.15, -0.1) is 0 Å². The van der Waals surface area contributed by atoms with Gasteiger partial charge in [-0.3, -0.25) is 9.78 Å². The number of rotatable bonds is 4. The highest BCUT2D eigenvalue weighted by Gasteiger charge is 2.33. The van der Waals surface area contributed by atoms with Crippen LogP contribution >= 0.6 is 0 Å². The summed E-state index contributed by atoms with van der Waals surface area (Å²) in [6.45, 7) is 3.54. The molecule has 1 aliphatic heterocycles. The Hall–Kier alpha value is -2.95. The number of pyridine rings is 1. The van der Waals surface area contributed by atoms with Crippen molar-refractivity contribution in [2.45, 2.75) is 19.4 Å². The first-order valence-corrected chi connectivity index (χ1v) is 8.48. The molecule has 0 saturated carbocycles. The molecule has 5 nitrogen and oxygen atoms in total. The molecule has 1 amide bonds. The lowest BCUT2D eigenvalue weighted by Gasteiger charge is -2.41. The summed E-state index contributed by atoms with van der Waals surface area (Å²) in [5.41, 5.74) is 3.24. The van der Waals surface area contributed by atoms with E-state index in [4.69, 9.17) is 0 Å². The molecule has 0 atom stereocenters. The van der Waals surface area contributed by atoms with Crippen molar-refractivity contribution in [1.29, 1.82) is 0 Å². The molecule has 0 unspecified atom stereocenters. The first kappa shape index (κ1) is 15.6. The molecule has 3 heterocycles. The maximum atomic E-state index is 12.4. The number of hydrogen-bond acceptors (Lipinski definition) is 3. The standard InChI is InChI=1S/C20H20N4O/c1-15-12-22-20(17-5-3-2-4-6-17)24(15)18-13-23(14-18)19(25)11-16-7-9-21-10-8-16/h2-10,12,18H,11,13-14H2,1H3. The van der Waals surface area contributed by atoms with Crippen LogP contribution in [0.2, 0.25) is 0 Å². The van der Waals surface area contributed by atoms with Gasteiger partial charge in [-0.1, -0.05) is 30.3 Å². The van der Waals surface area contributed by atoms with Gasteiger partial charge in [0.05, 0.1) is 12.5 Å². The Balaban J connectivity index is 1.46. The molecule has 0 aliphatic carbocycles. The summed E-state index contributed by atoms with van der Waals surface area (Å²) in [7, 11) is 0. The Bertz CT molecular complexity index is 867. The van der Waals surface area contributed by atoms with E-state index in [2.05, 4.69) is 33.6 Å². The van der Waals surface area contributed by atoms with Gasteiger partial charge in [0.15, 0.2) is 0 Å². The second-order valence-corrected chi connectivity index (χ2v) is 6.44. The highest BCUT2D eigenvalue weighted by atomic mass is 16.2. The molecule has 0 radical (unpaired) electrons. The van der Waals surface area contributed by atoms with E-state index in [9.17, 15) is 4.79 Å². The van der Waals surface area contributed by atoms with Crippen LogP contribution in [0.25, 0.3) is 11.4 Å². The first-order valence-electron chi connectivity index (χ1n) is 8.48. The Morgan fingerprint density at radius 3 is 2.56 bits per heavy atom. The number of imidazole rings is 1. The van der Waals surface area contributed by atoms with E-state index in [1.165, 1.54) is 0 Å². The lowest BCUT2D eigenvalue weighted by Crippen LogP contribution is -2.51. The summed E-state index contributed by atoms with van der Waals surface area (Å²) in [5, 5.41) is 0.